The molecule has 2 aromatic rings. The first kappa shape index (κ1) is 11.8. The fourth-order valence-corrected chi connectivity index (χ4v) is 2.12. The number of nitrogens with one attached hydrogen (secondary N) is 2. The van der Waals surface area contributed by atoms with Crippen molar-refractivity contribution in [1.82, 2.24) is 15.2 Å². The van der Waals surface area contributed by atoms with Gasteiger partial charge in [-0.1, -0.05) is 13.8 Å². The second-order valence-electron chi connectivity index (χ2n) is 4.11. The van der Waals surface area contributed by atoms with Gasteiger partial charge in [0.15, 0.2) is 10.8 Å². The van der Waals surface area contributed by atoms with Crippen molar-refractivity contribution in [3.63, 3.8) is 0 Å². The van der Waals surface area contributed by atoms with Gasteiger partial charge in [-0.25, -0.2) is 4.98 Å². The number of rotatable bonds is 3. The van der Waals surface area contributed by atoms with Gasteiger partial charge in [0.1, 0.15) is 0 Å². The number of amides is 1. The van der Waals surface area contributed by atoms with Gasteiger partial charge in [-0.05, 0) is 18.9 Å². The molecule has 0 spiro atoms. The number of carbonyl (C=O) groups excluding carboxylic acids is 1. The molecule has 6 heteroatoms. The molecular weight excluding hydrogens is 236 g/mol. The van der Waals surface area contributed by atoms with Gasteiger partial charge in [-0.2, -0.15) is 5.10 Å². The Bertz CT molecular complexity index is 529. The van der Waals surface area contributed by atoms with Crippen LogP contribution in [0.3, 0.4) is 0 Å². The average Bonchev–Trinajstić information content (AvgIpc) is 2.86. The lowest BCUT2D eigenvalue weighted by molar-refractivity contribution is 0.102. The summed E-state index contributed by atoms with van der Waals surface area (Å²) in [4.78, 5) is 17.1. The van der Waals surface area contributed by atoms with E-state index in [1.807, 2.05) is 6.92 Å². The van der Waals surface area contributed by atoms with Gasteiger partial charge in [0, 0.05) is 16.8 Å². The van der Waals surface area contributed by atoms with Crippen LogP contribution in [-0.2, 0) is 0 Å². The molecule has 0 saturated heterocycles. The van der Waals surface area contributed by atoms with Crippen LogP contribution in [0.2, 0.25) is 0 Å². The minimum atomic E-state index is -0.237. The predicted molar refractivity (Wildman–Crippen MR) is 67.5 cm³/mol. The molecule has 90 valence electrons. The van der Waals surface area contributed by atoms with E-state index in [0.717, 1.165) is 10.6 Å². The van der Waals surface area contributed by atoms with Crippen molar-refractivity contribution in [3.8, 4) is 0 Å². The van der Waals surface area contributed by atoms with Crippen LogP contribution >= 0.6 is 11.3 Å². The molecule has 0 bridgehead atoms. The Balaban J connectivity index is 2.07. The molecule has 0 saturated carbocycles. The number of aryl methyl sites for hydroxylation is 1. The van der Waals surface area contributed by atoms with Crippen molar-refractivity contribution in [2.24, 2.45) is 0 Å². The third kappa shape index (κ3) is 2.71. The Labute approximate surface area is 103 Å². The molecule has 0 unspecified atom stereocenters. The molecule has 0 aliphatic carbocycles. The normalized spacial score (nSPS) is 10.8. The summed E-state index contributed by atoms with van der Waals surface area (Å²) < 4.78 is 0. The fourth-order valence-electron chi connectivity index (χ4n) is 1.31. The van der Waals surface area contributed by atoms with Gasteiger partial charge >= 0.3 is 0 Å². The monoisotopic (exact) mass is 250 g/mol. The van der Waals surface area contributed by atoms with Crippen molar-refractivity contribution in [2.75, 3.05) is 5.32 Å². The summed E-state index contributed by atoms with van der Waals surface area (Å²) in [5.41, 5.74) is 1.24. The Morgan fingerprint density at radius 2 is 2.29 bits per heavy atom. The summed E-state index contributed by atoms with van der Waals surface area (Å²) in [5, 5.41) is 9.97. The van der Waals surface area contributed by atoms with Crippen LogP contribution in [0.25, 0.3) is 0 Å². The number of nitrogens with zero attached hydrogens (tertiary/aromatic N) is 2. The van der Waals surface area contributed by atoms with Crippen LogP contribution in [0.4, 0.5) is 5.13 Å². The molecule has 0 radical (unpaired) electrons. The van der Waals surface area contributed by atoms with E-state index in [2.05, 4.69) is 34.3 Å². The zero-order valence-corrected chi connectivity index (χ0v) is 10.8. The predicted octanol–water partition coefficient (Wildman–Crippen LogP) is 2.55. The molecule has 17 heavy (non-hydrogen) atoms. The maximum absolute atomic E-state index is 11.8. The van der Waals surface area contributed by atoms with Crippen molar-refractivity contribution >= 4 is 22.4 Å². The first-order valence-electron chi connectivity index (χ1n) is 5.35. The highest BCUT2D eigenvalue weighted by molar-refractivity contribution is 7.15. The summed E-state index contributed by atoms with van der Waals surface area (Å²) in [5.74, 6) is 0.185. The highest BCUT2D eigenvalue weighted by atomic mass is 32.1. The number of H-pyrrole nitrogens is 1. The number of hydrogen-bond acceptors (Lipinski definition) is 4. The molecule has 2 heterocycles. The number of anilines is 1. The molecule has 5 nitrogen and oxygen atoms in total. The second-order valence-corrected chi connectivity index (χ2v) is 5.18. The van der Waals surface area contributed by atoms with Crippen LogP contribution in [0.15, 0.2) is 12.3 Å². The first-order chi connectivity index (χ1) is 8.06. The van der Waals surface area contributed by atoms with Gasteiger partial charge in [0.05, 0.1) is 0 Å². The minimum Gasteiger partial charge on any atom is -0.296 e. The third-order valence-electron chi connectivity index (χ3n) is 2.25. The number of aromatic amines is 1. The van der Waals surface area contributed by atoms with E-state index in [4.69, 9.17) is 0 Å². The lowest BCUT2D eigenvalue weighted by atomic mass is 10.2. The zero-order valence-electron chi connectivity index (χ0n) is 9.94. The topological polar surface area (TPSA) is 70.7 Å². The third-order valence-corrected chi connectivity index (χ3v) is 3.46. The number of thiazole rings is 1. The summed E-state index contributed by atoms with van der Waals surface area (Å²) in [6.07, 6.45) is 1.79. The maximum Gasteiger partial charge on any atom is 0.277 e. The number of hydrogen-bond donors (Lipinski definition) is 2. The molecule has 0 aliphatic rings. The van der Waals surface area contributed by atoms with E-state index in [-0.39, 0.29) is 5.91 Å². The van der Waals surface area contributed by atoms with Crippen LogP contribution < -0.4 is 5.32 Å². The van der Waals surface area contributed by atoms with E-state index < -0.39 is 0 Å². The SMILES string of the molecule is Cc1cc(C(=O)Nc2ncc(C(C)C)s2)n[nH]1. The van der Waals surface area contributed by atoms with Crippen LogP contribution in [0, 0.1) is 6.92 Å². The van der Waals surface area contributed by atoms with Gasteiger partial charge in [0.2, 0.25) is 0 Å². The summed E-state index contributed by atoms with van der Waals surface area (Å²) in [6.45, 7) is 6.04. The van der Waals surface area contributed by atoms with Crippen LogP contribution in [-0.4, -0.2) is 21.1 Å². The Hall–Kier alpha value is -1.69. The lowest BCUT2D eigenvalue weighted by Crippen LogP contribution is -2.11. The van der Waals surface area contributed by atoms with Crippen molar-refractivity contribution < 1.29 is 4.79 Å². The molecule has 2 N–H and O–H groups in total. The van der Waals surface area contributed by atoms with E-state index in [1.54, 1.807) is 12.3 Å². The summed E-state index contributed by atoms with van der Waals surface area (Å²) >= 11 is 1.49. The molecule has 1 amide bonds. The van der Waals surface area contributed by atoms with Gasteiger partial charge in [-0.3, -0.25) is 15.2 Å². The Morgan fingerprint density at radius 3 is 2.82 bits per heavy atom. The minimum absolute atomic E-state index is 0.237. The standard InChI is InChI=1S/C11H14N4OS/c1-6(2)9-5-12-11(17-9)13-10(16)8-4-7(3)14-15-8/h4-6H,1-3H3,(H,14,15)(H,12,13,16). The quantitative estimate of drug-likeness (QED) is 0.879. The largest absolute Gasteiger partial charge is 0.296 e. The second kappa shape index (κ2) is 4.67. The molecule has 0 aliphatic heterocycles. The van der Waals surface area contributed by atoms with E-state index in [1.165, 1.54) is 11.3 Å². The molecule has 2 aromatic heterocycles. The smallest absolute Gasteiger partial charge is 0.277 e. The molecule has 2 rings (SSSR count). The Morgan fingerprint density at radius 1 is 1.53 bits per heavy atom. The summed E-state index contributed by atoms with van der Waals surface area (Å²) in [7, 11) is 0. The van der Waals surface area contributed by atoms with Crippen LogP contribution in [0.1, 0.15) is 40.8 Å². The summed E-state index contributed by atoms with van der Waals surface area (Å²) in [6, 6.07) is 1.70. The van der Waals surface area contributed by atoms with Gasteiger partial charge < -0.3 is 0 Å². The van der Waals surface area contributed by atoms with Crippen molar-refractivity contribution in [1.29, 1.82) is 0 Å². The number of carbonyl (C=O) groups is 1. The van der Waals surface area contributed by atoms with Crippen LogP contribution in [0.5, 0.6) is 0 Å². The fraction of sp³-hybridized carbons (Fsp3) is 0.364. The lowest BCUT2D eigenvalue weighted by Gasteiger charge is -1.98. The zero-order chi connectivity index (χ0) is 12.4. The van der Waals surface area contributed by atoms with E-state index in [9.17, 15) is 4.79 Å². The van der Waals surface area contributed by atoms with Gasteiger partial charge in [0.25, 0.3) is 5.91 Å². The number of aromatic nitrogens is 3. The average molecular weight is 250 g/mol. The van der Waals surface area contributed by atoms with Crippen molar-refractivity contribution in [3.05, 3.63) is 28.5 Å². The van der Waals surface area contributed by atoms with Gasteiger partial charge in [-0.15, -0.1) is 11.3 Å². The Kier molecular flexibility index (Phi) is 3.23. The van der Waals surface area contributed by atoms with E-state index in [0.29, 0.717) is 16.7 Å². The molecular formula is C11H14N4OS. The maximum atomic E-state index is 11.8. The van der Waals surface area contributed by atoms with E-state index >= 15 is 0 Å². The first-order valence-corrected chi connectivity index (χ1v) is 6.17. The van der Waals surface area contributed by atoms with Crippen molar-refractivity contribution in [2.45, 2.75) is 26.7 Å². The highest BCUT2D eigenvalue weighted by Crippen LogP contribution is 2.25. The molecule has 0 fully saturated rings. The molecule has 0 aromatic carbocycles. The highest BCUT2D eigenvalue weighted by Gasteiger charge is 2.12. The molecule has 0 atom stereocenters.